The number of rotatable bonds is 7. The Bertz CT molecular complexity index is 1210. The maximum atomic E-state index is 6.09. The highest BCUT2D eigenvalue weighted by Gasteiger charge is 2.10. The van der Waals surface area contributed by atoms with E-state index in [1.165, 1.54) is 12.5 Å². The smallest absolute Gasteiger partial charge is 0.144 e. The number of fused-ring (bicyclic) bond motifs is 1. The minimum atomic E-state index is 0.311. The zero-order valence-corrected chi connectivity index (χ0v) is 17.0. The highest BCUT2D eigenvalue weighted by Crippen LogP contribution is 2.25. The van der Waals surface area contributed by atoms with Crippen molar-refractivity contribution in [2.75, 3.05) is 17.7 Å². The number of benzene rings is 2. The van der Waals surface area contributed by atoms with E-state index in [0.29, 0.717) is 35.4 Å². The standard InChI is InChI=1S/C21H20ClN7O/c1-2-30-27-11-18-20(23)24-13-25-21(18)28-17-6-7-19-15(9-17)10-26-29(19)12-14-4-3-5-16(22)8-14/h3-11,13H,2,12H2,1H3,(H3,23,24,25,28)/b27-11+. The van der Waals surface area contributed by atoms with Gasteiger partial charge in [-0.2, -0.15) is 5.10 Å². The lowest BCUT2D eigenvalue weighted by Gasteiger charge is -2.10. The van der Waals surface area contributed by atoms with Crippen LogP contribution in [0.3, 0.4) is 0 Å². The Labute approximate surface area is 178 Å². The summed E-state index contributed by atoms with van der Waals surface area (Å²) in [6, 6.07) is 13.7. The molecule has 0 aliphatic rings. The molecule has 0 amide bonds. The monoisotopic (exact) mass is 421 g/mol. The van der Waals surface area contributed by atoms with Crippen LogP contribution in [0.4, 0.5) is 17.3 Å². The summed E-state index contributed by atoms with van der Waals surface area (Å²) in [5, 5.41) is 13.4. The number of halogens is 1. The predicted molar refractivity (Wildman–Crippen MR) is 119 cm³/mol. The lowest BCUT2D eigenvalue weighted by Crippen LogP contribution is -2.05. The third-order valence-electron chi connectivity index (χ3n) is 4.43. The number of nitrogens with two attached hydrogens (primary N) is 1. The molecule has 0 spiro atoms. The predicted octanol–water partition coefficient (Wildman–Crippen LogP) is 4.22. The molecule has 0 saturated carbocycles. The first-order valence-electron chi connectivity index (χ1n) is 9.37. The van der Waals surface area contributed by atoms with E-state index in [0.717, 1.165) is 22.2 Å². The third kappa shape index (κ3) is 4.33. The van der Waals surface area contributed by atoms with Gasteiger partial charge < -0.3 is 15.9 Å². The van der Waals surface area contributed by atoms with E-state index in [1.54, 1.807) is 0 Å². The van der Waals surface area contributed by atoms with Crippen molar-refractivity contribution in [2.45, 2.75) is 13.5 Å². The molecule has 0 radical (unpaired) electrons. The van der Waals surface area contributed by atoms with Gasteiger partial charge in [0.15, 0.2) is 0 Å². The molecule has 0 saturated heterocycles. The summed E-state index contributed by atoms with van der Waals surface area (Å²) in [6.45, 7) is 2.95. The first-order valence-corrected chi connectivity index (χ1v) is 9.74. The summed E-state index contributed by atoms with van der Waals surface area (Å²) in [5.74, 6) is 0.850. The van der Waals surface area contributed by atoms with Crippen LogP contribution in [-0.4, -0.2) is 32.6 Å². The molecule has 30 heavy (non-hydrogen) atoms. The molecule has 0 aliphatic carbocycles. The van der Waals surface area contributed by atoms with Gasteiger partial charge in [0.2, 0.25) is 0 Å². The molecule has 0 atom stereocenters. The van der Waals surface area contributed by atoms with Gasteiger partial charge in [0.05, 0.1) is 30.0 Å². The molecule has 9 heteroatoms. The van der Waals surface area contributed by atoms with Gasteiger partial charge in [-0.3, -0.25) is 4.68 Å². The van der Waals surface area contributed by atoms with Crippen molar-refractivity contribution in [1.29, 1.82) is 0 Å². The molecule has 0 bridgehead atoms. The second kappa shape index (κ2) is 8.79. The Kier molecular flexibility index (Phi) is 5.76. The van der Waals surface area contributed by atoms with E-state index in [-0.39, 0.29) is 0 Å². The lowest BCUT2D eigenvalue weighted by atomic mass is 10.2. The third-order valence-corrected chi connectivity index (χ3v) is 4.66. The zero-order valence-electron chi connectivity index (χ0n) is 16.3. The van der Waals surface area contributed by atoms with Crippen molar-refractivity contribution in [3.63, 3.8) is 0 Å². The molecule has 8 nitrogen and oxygen atoms in total. The second-order valence-electron chi connectivity index (χ2n) is 6.50. The molecule has 0 unspecified atom stereocenters. The van der Waals surface area contributed by atoms with Crippen molar-refractivity contribution in [3.05, 3.63) is 71.1 Å². The molecule has 152 valence electrons. The maximum Gasteiger partial charge on any atom is 0.144 e. The number of nitrogens with zero attached hydrogens (tertiary/aromatic N) is 5. The molecular weight excluding hydrogens is 402 g/mol. The summed E-state index contributed by atoms with van der Waals surface area (Å²) in [6.07, 6.45) is 4.73. The van der Waals surface area contributed by atoms with Gasteiger partial charge in [-0.15, -0.1) is 0 Å². The van der Waals surface area contributed by atoms with Crippen molar-refractivity contribution in [1.82, 2.24) is 19.7 Å². The Morgan fingerprint density at radius 3 is 2.97 bits per heavy atom. The summed E-state index contributed by atoms with van der Waals surface area (Å²) in [5.41, 5.74) is 9.48. The normalized spacial score (nSPS) is 11.3. The number of hydrogen-bond acceptors (Lipinski definition) is 7. The number of anilines is 3. The number of oxime groups is 1. The van der Waals surface area contributed by atoms with E-state index in [9.17, 15) is 0 Å². The van der Waals surface area contributed by atoms with Gasteiger partial charge in [0.25, 0.3) is 0 Å². The van der Waals surface area contributed by atoms with Crippen LogP contribution in [0, 0.1) is 0 Å². The molecule has 3 N–H and O–H groups in total. The largest absolute Gasteiger partial charge is 0.396 e. The van der Waals surface area contributed by atoms with Crippen molar-refractivity contribution < 1.29 is 4.84 Å². The van der Waals surface area contributed by atoms with Gasteiger partial charge in [0, 0.05) is 16.1 Å². The van der Waals surface area contributed by atoms with Gasteiger partial charge in [-0.25, -0.2) is 9.97 Å². The van der Waals surface area contributed by atoms with E-state index >= 15 is 0 Å². The Hall–Kier alpha value is -3.65. The number of nitrogens with one attached hydrogen (secondary N) is 1. The van der Waals surface area contributed by atoms with E-state index < -0.39 is 0 Å². The van der Waals surface area contributed by atoms with Gasteiger partial charge in [-0.1, -0.05) is 28.9 Å². The molecular formula is C21H20ClN7O. The highest BCUT2D eigenvalue weighted by molar-refractivity contribution is 6.30. The lowest BCUT2D eigenvalue weighted by molar-refractivity contribution is 0.160. The second-order valence-corrected chi connectivity index (χ2v) is 6.94. The van der Waals surface area contributed by atoms with Crippen LogP contribution in [-0.2, 0) is 11.4 Å². The summed E-state index contributed by atoms with van der Waals surface area (Å²) >= 11 is 6.09. The topological polar surface area (TPSA) is 103 Å². The molecule has 0 aliphatic heterocycles. The van der Waals surface area contributed by atoms with Gasteiger partial charge in [0.1, 0.15) is 24.6 Å². The average Bonchev–Trinajstić information content (AvgIpc) is 3.12. The number of nitrogen functional groups attached to an aromatic ring is 1. The SMILES string of the molecule is CCO/N=C/c1c(N)ncnc1Nc1ccc2c(cnn2Cc2cccc(Cl)c2)c1. The summed E-state index contributed by atoms with van der Waals surface area (Å²) < 4.78 is 1.94. The maximum absolute atomic E-state index is 6.09. The highest BCUT2D eigenvalue weighted by atomic mass is 35.5. The van der Waals surface area contributed by atoms with Crippen molar-refractivity contribution >= 4 is 46.0 Å². The van der Waals surface area contributed by atoms with Crippen LogP contribution in [0.2, 0.25) is 5.02 Å². The van der Waals surface area contributed by atoms with Crippen LogP contribution in [0.5, 0.6) is 0 Å². The minimum Gasteiger partial charge on any atom is -0.396 e. The van der Waals surface area contributed by atoms with Crippen LogP contribution in [0.1, 0.15) is 18.1 Å². The Morgan fingerprint density at radius 2 is 2.13 bits per heavy atom. The zero-order chi connectivity index (χ0) is 20.9. The van der Waals surface area contributed by atoms with E-state index in [2.05, 4.69) is 25.5 Å². The van der Waals surface area contributed by atoms with Crippen LogP contribution in [0.25, 0.3) is 10.9 Å². The van der Waals surface area contributed by atoms with Crippen molar-refractivity contribution in [2.24, 2.45) is 5.16 Å². The molecule has 2 heterocycles. The van der Waals surface area contributed by atoms with Crippen molar-refractivity contribution in [3.8, 4) is 0 Å². The molecule has 4 rings (SSSR count). The summed E-state index contributed by atoms with van der Waals surface area (Å²) in [4.78, 5) is 13.3. The van der Waals surface area contributed by atoms with Crippen LogP contribution in [0.15, 0.2) is 60.1 Å². The molecule has 0 fully saturated rings. The number of aromatic nitrogens is 4. The fourth-order valence-corrected chi connectivity index (χ4v) is 3.25. The molecule has 4 aromatic rings. The number of hydrogen-bond donors (Lipinski definition) is 2. The van der Waals surface area contributed by atoms with E-state index in [4.69, 9.17) is 22.2 Å². The Balaban J connectivity index is 1.59. The fourth-order valence-electron chi connectivity index (χ4n) is 3.04. The van der Waals surface area contributed by atoms with Crippen LogP contribution < -0.4 is 11.1 Å². The minimum absolute atomic E-state index is 0.311. The Morgan fingerprint density at radius 1 is 1.23 bits per heavy atom. The first kappa shape index (κ1) is 19.7. The van der Waals surface area contributed by atoms with Gasteiger partial charge in [-0.05, 0) is 42.8 Å². The first-order chi connectivity index (χ1) is 14.6. The van der Waals surface area contributed by atoms with Crippen LogP contribution >= 0.6 is 11.6 Å². The summed E-state index contributed by atoms with van der Waals surface area (Å²) in [7, 11) is 0. The quantitative estimate of drug-likeness (QED) is 0.342. The average molecular weight is 422 g/mol. The fraction of sp³-hybridized carbons (Fsp3) is 0.143. The van der Waals surface area contributed by atoms with E-state index in [1.807, 2.05) is 60.3 Å². The van der Waals surface area contributed by atoms with Gasteiger partial charge >= 0.3 is 0 Å². The molecule has 2 aromatic carbocycles. The molecule has 2 aromatic heterocycles.